The first-order chi connectivity index (χ1) is 10.1. The molecule has 1 aliphatic heterocycles. The van der Waals surface area contributed by atoms with Gasteiger partial charge in [-0.3, -0.25) is 4.79 Å². The number of hydrogen-bond donors (Lipinski definition) is 1. The number of hydrogen-bond acceptors (Lipinski definition) is 5. The molecule has 2 heterocycles. The largest absolute Gasteiger partial charge is 0.507 e. The first-order valence-electron chi connectivity index (χ1n) is 6.57. The number of anilines is 1. The van der Waals surface area contributed by atoms with Gasteiger partial charge in [0.2, 0.25) is 0 Å². The first-order valence-corrected chi connectivity index (χ1v) is 8.24. The van der Waals surface area contributed by atoms with Gasteiger partial charge in [-0.25, -0.2) is 4.98 Å². The quantitative estimate of drug-likeness (QED) is 0.885. The number of thiazole rings is 1. The number of aromatic nitrogens is 1. The van der Waals surface area contributed by atoms with E-state index < -0.39 is 0 Å². The zero-order valence-electron chi connectivity index (χ0n) is 11.2. The van der Waals surface area contributed by atoms with E-state index in [1.165, 1.54) is 0 Å². The van der Waals surface area contributed by atoms with Gasteiger partial charge in [0.15, 0.2) is 5.13 Å². The number of benzene rings is 1. The molecule has 1 amide bonds. The van der Waals surface area contributed by atoms with Crippen LogP contribution in [0.25, 0.3) is 0 Å². The fourth-order valence-electron chi connectivity index (χ4n) is 2.33. The summed E-state index contributed by atoms with van der Waals surface area (Å²) in [7, 11) is 0. The summed E-state index contributed by atoms with van der Waals surface area (Å²) in [6.45, 7) is 2.79. The van der Waals surface area contributed by atoms with E-state index in [1.54, 1.807) is 40.6 Å². The smallest absolute Gasteiger partial charge is 0.257 e. The van der Waals surface area contributed by atoms with Crippen LogP contribution in [0.15, 0.2) is 34.2 Å². The lowest BCUT2D eigenvalue weighted by molar-refractivity contribution is 0.0743. The summed E-state index contributed by atoms with van der Waals surface area (Å²) in [6.07, 6.45) is 1.79. The number of aromatic hydroxyl groups is 1. The number of phenolic OH excluding ortho intramolecular Hbond substituents is 1. The van der Waals surface area contributed by atoms with Crippen molar-refractivity contribution in [1.82, 2.24) is 9.88 Å². The molecule has 0 radical (unpaired) electrons. The molecule has 0 atom stereocenters. The summed E-state index contributed by atoms with van der Waals surface area (Å²) in [5, 5.41) is 12.8. The van der Waals surface area contributed by atoms with Crippen molar-refractivity contribution in [2.24, 2.45) is 0 Å². The van der Waals surface area contributed by atoms with E-state index in [1.807, 2.05) is 5.38 Å². The van der Waals surface area contributed by atoms with E-state index in [0.29, 0.717) is 18.7 Å². The molecule has 7 heteroatoms. The second-order valence-electron chi connectivity index (χ2n) is 4.76. The topological polar surface area (TPSA) is 56.7 Å². The van der Waals surface area contributed by atoms with Gasteiger partial charge in [-0.1, -0.05) is 15.9 Å². The Morgan fingerprint density at radius 3 is 2.67 bits per heavy atom. The Morgan fingerprint density at radius 1 is 1.29 bits per heavy atom. The van der Waals surface area contributed by atoms with Crippen molar-refractivity contribution in [2.75, 3.05) is 31.1 Å². The number of piperazine rings is 1. The van der Waals surface area contributed by atoms with Crippen LogP contribution in [0.2, 0.25) is 0 Å². The molecule has 0 unspecified atom stereocenters. The fraction of sp³-hybridized carbons (Fsp3) is 0.286. The number of nitrogens with zero attached hydrogens (tertiary/aromatic N) is 3. The minimum Gasteiger partial charge on any atom is -0.507 e. The molecule has 3 rings (SSSR count). The minimum absolute atomic E-state index is 0.0109. The molecule has 5 nitrogen and oxygen atoms in total. The average molecular weight is 368 g/mol. The third-order valence-corrected chi connectivity index (χ3v) is 4.77. The number of phenols is 1. The molecule has 110 valence electrons. The van der Waals surface area contributed by atoms with E-state index in [9.17, 15) is 9.90 Å². The lowest BCUT2D eigenvalue weighted by atomic mass is 10.1. The van der Waals surface area contributed by atoms with Gasteiger partial charge in [-0.15, -0.1) is 11.3 Å². The standard InChI is InChI=1S/C14H14BrN3O2S/c15-10-1-2-11(12(19)9-10)13(20)17-4-6-18(7-5-17)14-16-3-8-21-14/h1-3,8-9,19H,4-7H2. The highest BCUT2D eigenvalue weighted by atomic mass is 79.9. The zero-order valence-corrected chi connectivity index (χ0v) is 13.6. The van der Waals surface area contributed by atoms with E-state index in [2.05, 4.69) is 25.8 Å². The van der Waals surface area contributed by atoms with Crippen LogP contribution < -0.4 is 4.90 Å². The summed E-state index contributed by atoms with van der Waals surface area (Å²) in [5.41, 5.74) is 0.348. The molecule has 0 saturated carbocycles. The van der Waals surface area contributed by atoms with Gasteiger partial charge in [-0.2, -0.15) is 0 Å². The van der Waals surface area contributed by atoms with Crippen LogP contribution in [0.4, 0.5) is 5.13 Å². The highest BCUT2D eigenvalue weighted by Gasteiger charge is 2.24. The highest BCUT2D eigenvalue weighted by molar-refractivity contribution is 9.10. The summed E-state index contributed by atoms with van der Waals surface area (Å²) < 4.78 is 0.755. The number of carbonyl (C=O) groups excluding carboxylic acids is 1. The van der Waals surface area contributed by atoms with Gasteiger partial charge in [0.1, 0.15) is 5.75 Å². The molecule has 1 saturated heterocycles. The van der Waals surface area contributed by atoms with Crippen LogP contribution in [0.3, 0.4) is 0 Å². The number of halogens is 1. The van der Waals surface area contributed by atoms with Crippen molar-refractivity contribution in [1.29, 1.82) is 0 Å². The van der Waals surface area contributed by atoms with Gasteiger partial charge in [0, 0.05) is 42.2 Å². The normalized spacial score (nSPS) is 15.3. The van der Waals surface area contributed by atoms with Crippen LogP contribution in [0, 0.1) is 0 Å². The van der Waals surface area contributed by atoms with Gasteiger partial charge in [0.25, 0.3) is 5.91 Å². The maximum Gasteiger partial charge on any atom is 0.257 e. The number of rotatable bonds is 2. The van der Waals surface area contributed by atoms with Crippen LogP contribution >= 0.6 is 27.3 Å². The van der Waals surface area contributed by atoms with Crippen molar-refractivity contribution < 1.29 is 9.90 Å². The Hall–Kier alpha value is -1.60. The Morgan fingerprint density at radius 2 is 2.05 bits per heavy atom. The lowest BCUT2D eigenvalue weighted by Gasteiger charge is -2.34. The highest BCUT2D eigenvalue weighted by Crippen LogP contribution is 2.25. The molecular weight excluding hydrogens is 354 g/mol. The zero-order chi connectivity index (χ0) is 14.8. The first kappa shape index (κ1) is 14.3. The minimum atomic E-state index is -0.126. The van der Waals surface area contributed by atoms with E-state index >= 15 is 0 Å². The maximum absolute atomic E-state index is 12.4. The van der Waals surface area contributed by atoms with Gasteiger partial charge >= 0.3 is 0 Å². The van der Waals surface area contributed by atoms with Gasteiger partial charge in [-0.05, 0) is 18.2 Å². The molecule has 1 fully saturated rings. The van der Waals surface area contributed by atoms with Gasteiger partial charge in [0.05, 0.1) is 5.56 Å². The third-order valence-electron chi connectivity index (χ3n) is 3.45. The Labute approximate surface area is 135 Å². The molecule has 1 N–H and O–H groups in total. The Balaban J connectivity index is 1.67. The van der Waals surface area contributed by atoms with Crippen molar-refractivity contribution >= 4 is 38.3 Å². The van der Waals surface area contributed by atoms with Crippen LogP contribution in [0.5, 0.6) is 5.75 Å². The predicted molar refractivity (Wildman–Crippen MR) is 86.0 cm³/mol. The molecule has 0 aliphatic carbocycles. The van der Waals surface area contributed by atoms with Crippen molar-refractivity contribution in [2.45, 2.75) is 0 Å². The van der Waals surface area contributed by atoms with Gasteiger partial charge < -0.3 is 14.9 Å². The summed E-state index contributed by atoms with van der Waals surface area (Å²) in [5.74, 6) is -0.115. The molecule has 0 spiro atoms. The van der Waals surface area contributed by atoms with E-state index in [4.69, 9.17) is 0 Å². The molecule has 2 aromatic rings. The SMILES string of the molecule is O=C(c1ccc(Br)cc1O)N1CCN(c2nccs2)CC1. The summed E-state index contributed by atoms with van der Waals surface area (Å²) >= 11 is 4.88. The fourth-order valence-corrected chi connectivity index (χ4v) is 3.37. The molecule has 1 aromatic carbocycles. The molecule has 0 bridgehead atoms. The summed E-state index contributed by atoms with van der Waals surface area (Å²) in [6, 6.07) is 4.95. The maximum atomic E-state index is 12.4. The van der Waals surface area contributed by atoms with Crippen molar-refractivity contribution in [3.8, 4) is 5.75 Å². The molecule has 21 heavy (non-hydrogen) atoms. The number of amides is 1. The van der Waals surface area contributed by atoms with Crippen molar-refractivity contribution in [3.05, 3.63) is 39.8 Å². The number of carbonyl (C=O) groups is 1. The van der Waals surface area contributed by atoms with Crippen LogP contribution in [0.1, 0.15) is 10.4 Å². The Kier molecular flexibility index (Phi) is 4.12. The summed E-state index contributed by atoms with van der Waals surface area (Å²) in [4.78, 5) is 20.7. The monoisotopic (exact) mass is 367 g/mol. The molecular formula is C14H14BrN3O2S. The second-order valence-corrected chi connectivity index (χ2v) is 6.54. The van der Waals surface area contributed by atoms with Crippen molar-refractivity contribution in [3.63, 3.8) is 0 Å². The second kappa shape index (κ2) is 6.03. The van der Waals surface area contributed by atoms with Crippen LogP contribution in [-0.2, 0) is 0 Å². The molecule has 1 aliphatic rings. The van der Waals surface area contributed by atoms with E-state index in [-0.39, 0.29) is 11.7 Å². The average Bonchev–Trinajstić information content (AvgIpc) is 3.01. The lowest BCUT2D eigenvalue weighted by Crippen LogP contribution is -2.48. The third kappa shape index (κ3) is 3.03. The Bertz CT molecular complexity index is 640. The van der Waals surface area contributed by atoms with E-state index in [0.717, 1.165) is 22.7 Å². The molecule has 1 aromatic heterocycles. The predicted octanol–water partition coefficient (Wildman–Crippen LogP) is 2.57. The van der Waals surface area contributed by atoms with Crippen LogP contribution in [-0.4, -0.2) is 47.1 Å².